The molecule has 0 aliphatic carbocycles. The SMILES string of the molecule is Cc1nc(N)c2cc(F)ccc2n1. The zero-order chi connectivity index (χ0) is 9.42. The largest absolute Gasteiger partial charge is 0.383 e. The van der Waals surface area contributed by atoms with Crippen LogP contribution in [0.4, 0.5) is 10.2 Å². The molecule has 2 N–H and O–H groups in total. The van der Waals surface area contributed by atoms with Gasteiger partial charge in [-0.05, 0) is 25.1 Å². The number of nitrogens with two attached hydrogens (primary N) is 1. The third kappa shape index (κ3) is 1.30. The van der Waals surface area contributed by atoms with Gasteiger partial charge in [0.25, 0.3) is 0 Å². The van der Waals surface area contributed by atoms with Gasteiger partial charge in [-0.25, -0.2) is 14.4 Å². The molecule has 13 heavy (non-hydrogen) atoms. The number of hydrogen-bond donors (Lipinski definition) is 1. The third-order valence-corrected chi connectivity index (χ3v) is 1.80. The van der Waals surface area contributed by atoms with Gasteiger partial charge in [-0.1, -0.05) is 0 Å². The van der Waals surface area contributed by atoms with Crippen LogP contribution in [0, 0.1) is 12.7 Å². The first kappa shape index (κ1) is 7.91. The van der Waals surface area contributed by atoms with Crippen molar-refractivity contribution in [3.8, 4) is 0 Å². The molecule has 3 nitrogen and oxygen atoms in total. The Balaban J connectivity index is 2.87. The maximum absolute atomic E-state index is 12.8. The van der Waals surface area contributed by atoms with E-state index in [1.165, 1.54) is 12.1 Å². The molecule has 0 aliphatic heterocycles. The Morgan fingerprint density at radius 3 is 2.85 bits per heavy atom. The summed E-state index contributed by atoms with van der Waals surface area (Å²) >= 11 is 0. The van der Waals surface area contributed by atoms with Crippen molar-refractivity contribution in [2.45, 2.75) is 6.92 Å². The number of anilines is 1. The summed E-state index contributed by atoms with van der Waals surface area (Å²) in [7, 11) is 0. The normalized spacial score (nSPS) is 10.6. The molecule has 0 spiro atoms. The minimum absolute atomic E-state index is 0.321. The van der Waals surface area contributed by atoms with Gasteiger partial charge in [-0.15, -0.1) is 0 Å². The minimum atomic E-state index is -0.327. The number of benzene rings is 1. The Labute approximate surface area is 74.4 Å². The molecule has 2 rings (SSSR count). The van der Waals surface area contributed by atoms with E-state index in [1.54, 1.807) is 13.0 Å². The summed E-state index contributed by atoms with van der Waals surface area (Å²) in [5.41, 5.74) is 6.28. The van der Waals surface area contributed by atoms with Crippen LogP contribution >= 0.6 is 0 Å². The molecule has 0 radical (unpaired) electrons. The fourth-order valence-electron chi connectivity index (χ4n) is 1.24. The van der Waals surface area contributed by atoms with E-state index in [9.17, 15) is 4.39 Å². The molecule has 4 heteroatoms. The van der Waals surface area contributed by atoms with Crippen LogP contribution < -0.4 is 5.73 Å². The Hall–Kier alpha value is -1.71. The highest BCUT2D eigenvalue weighted by Crippen LogP contribution is 2.18. The summed E-state index contributed by atoms with van der Waals surface area (Å²) in [6.45, 7) is 1.75. The number of nitrogens with zero attached hydrogens (tertiary/aromatic N) is 2. The third-order valence-electron chi connectivity index (χ3n) is 1.80. The van der Waals surface area contributed by atoms with Crippen LogP contribution in [-0.2, 0) is 0 Å². The van der Waals surface area contributed by atoms with Crippen LogP contribution in [0.2, 0.25) is 0 Å². The summed E-state index contributed by atoms with van der Waals surface area (Å²) in [5, 5.41) is 0.561. The Morgan fingerprint density at radius 2 is 2.08 bits per heavy atom. The summed E-state index contributed by atoms with van der Waals surface area (Å²) in [6.07, 6.45) is 0. The van der Waals surface area contributed by atoms with Crippen molar-refractivity contribution in [3.63, 3.8) is 0 Å². The van der Waals surface area contributed by atoms with E-state index in [0.29, 0.717) is 22.5 Å². The molecule has 0 saturated carbocycles. The zero-order valence-corrected chi connectivity index (χ0v) is 7.08. The molecule has 0 fully saturated rings. The van der Waals surface area contributed by atoms with E-state index in [0.717, 1.165) is 0 Å². The van der Waals surface area contributed by atoms with Gasteiger partial charge in [0.2, 0.25) is 0 Å². The lowest BCUT2D eigenvalue weighted by Crippen LogP contribution is -1.97. The van der Waals surface area contributed by atoms with Crippen molar-refractivity contribution in [1.82, 2.24) is 9.97 Å². The van der Waals surface area contributed by atoms with Crippen LogP contribution in [0.15, 0.2) is 18.2 Å². The fraction of sp³-hybridized carbons (Fsp3) is 0.111. The van der Waals surface area contributed by atoms with Crippen LogP contribution in [0.25, 0.3) is 10.9 Å². The van der Waals surface area contributed by atoms with Gasteiger partial charge in [0.05, 0.1) is 5.52 Å². The average Bonchev–Trinajstić information content (AvgIpc) is 2.06. The number of aryl methyl sites for hydroxylation is 1. The molecule has 0 atom stereocenters. The number of nitrogen functional groups attached to an aromatic ring is 1. The van der Waals surface area contributed by atoms with Crippen molar-refractivity contribution in [2.24, 2.45) is 0 Å². The first-order valence-corrected chi connectivity index (χ1v) is 3.86. The smallest absolute Gasteiger partial charge is 0.135 e. The van der Waals surface area contributed by atoms with Crippen LogP contribution in [-0.4, -0.2) is 9.97 Å². The monoisotopic (exact) mass is 177 g/mol. The Kier molecular flexibility index (Phi) is 1.62. The van der Waals surface area contributed by atoms with Crippen LogP contribution in [0.5, 0.6) is 0 Å². The van der Waals surface area contributed by atoms with Crippen LogP contribution in [0.3, 0.4) is 0 Å². The van der Waals surface area contributed by atoms with Crippen molar-refractivity contribution < 1.29 is 4.39 Å². The highest BCUT2D eigenvalue weighted by Gasteiger charge is 2.02. The molecule has 2 aromatic rings. The number of aromatic nitrogens is 2. The maximum atomic E-state index is 12.8. The number of hydrogen-bond acceptors (Lipinski definition) is 3. The molecular formula is C9H8FN3. The molecule has 0 bridgehead atoms. The summed E-state index contributed by atoms with van der Waals surface area (Å²) < 4.78 is 12.8. The topological polar surface area (TPSA) is 51.8 Å². The van der Waals surface area contributed by atoms with Crippen molar-refractivity contribution in [1.29, 1.82) is 0 Å². The van der Waals surface area contributed by atoms with Gasteiger partial charge in [0, 0.05) is 5.39 Å². The van der Waals surface area contributed by atoms with Gasteiger partial charge in [0.1, 0.15) is 17.5 Å². The number of halogens is 1. The van der Waals surface area contributed by atoms with Gasteiger partial charge in [-0.3, -0.25) is 0 Å². The van der Waals surface area contributed by atoms with E-state index in [-0.39, 0.29) is 5.82 Å². The maximum Gasteiger partial charge on any atom is 0.135 e. The van der Waals surface area contributed by atoms with E-state index in [4.69, 9.17) is 5.73 Å². The van der Waals surface area contributed by atoms with E-state index < -0.39 is 0 Å². The van der Waals surface area contributed by atoms with Crippen molar-refractivity contribution in [3.05, 3.63) is 29.8 Å². The lowest BCUT2D eigenvalue weighted by atomic mass is 10.2. The second kappa shape index (κ2) is 2.65. The quantitative estimate of drug-likeness (QED) is 0.665. The predicted octanol–water partition coefficient (Wildman–Crippen LogP) is 1.66. The van der Waals surface area contributed by atoms with Crippen molar-refractivity contribution >= 4 is 16.7 Å². The molecule has 0 amide bonds. The number of rotatable bonds is 0. The molecule has 1 heterocycles. The van der Waals surface area contributed by atoms with Gasteiger partial charge in [0.15, 0.2) is 0 Å². The highest BCUT2D eigenvalue weighted by atomic mass is 19.1. The zero-order valence-electron chi connectivity index (χ0n) is 7.08. The van der Waals surface area contributed by atoms with Gasteiger partial charge in [-0.2, -0.15) is 0 Å². The number of fused-ring (bicyclic) bond motifs is 1. The summed E-state index contributed by atoms with van der Waals surface area (Å²) in [4.78, 5) is 8.06. The first-order valence-electron chi connectivity index (χ1n) is 3.86. The molecule has 0 unspecified atom stereocenters. The second-order valence-electron chi connectivity index (χ2n) is 2.82. The van der Waals surface area contributed by atoms with Gasteiger partial charge >= 0.3 is 0 Å². The van der Waals surface area contributed by atoms with E-state index in [2.05, 4.69) is 9.97 Å². The Bertz CT molecular complexity index is 468. The molecule has 0 aliphatic rings. The fourth-order valence-corrected chi connectivity index (χ4v) is 1.24. The molecular weight excluding hydrogens is 169 g/mol. The molecule has 66 valence electrons. The lowest BCUT2D eigenvalue weighted by Gasteiger charge is -2.01. The van der Waals surface area contributed by atoms with Crippen molar-refractivity contribution in [2.75, 3.05) is 5.73 Å². The van der Waals surface area contributed by atoms with Crippen LogP contribution in [0.1, 0.15) is 5.82 Å². The molecule has 0 saturated heterocycles. The Morgan fingerprint density at radius 1 is 1.31 bits per heavy atom. The van der Waals surface area contributed by atoms with E-state index in [1.807, 2.05) is 0 Å². The highest BCUT2D eigenvalue weighted by molar-refractivity contribution is 5.87. The first-order chi connectivity index (χ1) is 6.16. The summed E-state index contributed by atoms with van der Waals surface area (Å²) in [6, 6.07) is 4.29. The lowest BCUT2D eigenvalue weighted by molar-refractivity contribution is 0.629. The molecule has 1 aromatic carbocycles. The van der Waals surface area contributed by atoms with E-state index >= 15 is 0 Å². The standard InChI is InChI=1S/C9H8FN3/c1-5-12-8-3-2-6(10)4-7(8)9(11)13-5/h2-4H,1H3,(H2,11,12,13). The average molecular weight is 177 g/mol. The minimum Gasteiger partial charge on any atom is -0.383 e. The molecule has 1 aromatic heterocycles. The summed E-state index contributed by atoms with van der Waals surface area (Å²) in [5.74, 6) is 0.588. The predicted molar refractivity (Wildman–Crippen MR) is 48.6 cm³/mol. The van der Waals surface area contributed by atoms with Gasteiger partial charge < -0.3 is 5.73 Å². The second-order valence-corrected chi connectivity index (χ2v) is 2.82.